The first-order chi connectivity index (χ1) is 8.95. The molecule has 0 radical (unpaired) electrons. The van der Waals surface area contributed by atoms with Gasteiger partial charge in [0.1, 0.15) is 4.21 Å². The zero-order chi connectivity index (χ0) is 14.0. The minimum atomic E-state index is -3.41. The van der Waals surface area contributed by atoms with E-state index in [9.17, 15) is 8.42 Å². The molecular formula is C12H20N2O3S2. The summed E-state index contributed by atoms with van der Waals surface area (Å²) in [5.41, 5.74) is 0.659. The zero-order valence-electron chi connectivity index (χ0n) is 11.2. The molecule has 7 heteroatoms. The molecule has 0 aromatic carbocycles. The fourth-order valence-corrected chi connectivity index (χ4v) is 5.43. The quantitative estimate of drug-likeness (QED) is 0.880. The molecular weight excluding hydrogens is 284 g/mol. The van der Waals surface area contributed by atoms with E-state index in [-0.39, 0.29) is 12.6 Å². The molecule has 1 unspecified atom stereocenters. The van der Waals surface area contributed by atoms with Gasteiger partial charge >= 0.3 is 0 Å². The van der Waals surface area contributed by atoms with Gasteiger partial charge in [0, 0.05) is 19.1 Å². The third-order valence-electron chi connectivity index (χ3n) is 3.27. The Labute approximate surface area is 118 Å². The Morgan fingerprint density at radius 1 is 1.53 bits per heavy atom. The van der Waals surface area contributed by atoms with Crippen LogP contribution in [0.25, 0.3) is 0 Å². The lowest BCUT2D eigenvalue weighted by Crippen LogP contribution is -2.40. The number of hydrogen-bond donors (Lipinski definition) is 1. The van der Waals surface area contributed by atoms with E-state index in [1.807, 2.05) is 19.0 Å². The van der Waals surface area contributed by atoms with Gasteiger partial charge in [-0.25, -0.2) is 8.42 Å². The van der Waals surface area contributed by atoms with Crippen LogP contribution < -0.4 is 0 Å². The van der Waals surface area contributed by atoms with Gasteiger partial charge in [0.15, 0.2) is 0 Å². The minimum absolute atomic E-state index is 0.0553. The number of sulfonamides is 1. The monoisotopic (exact) mass is 304 g/mol. The highest BCUT2D eigenvalue weighted by Crippen LogP contribution is 2.30. The molecule has 108 valence electrons. The normalized spacial score (nSPS) is 21.4. The average molecular weight is 304 g/mol. The van der Waals surface area contributed by atoms with Crippen LogP contribution in [0.5, 0.6) is 0 Å². The first-order valence-corrected chi connectivity index (χ1v) is 8.62. The Morgan fingerprint density at radius 3 is 2.84 bits per heavy atom. The predicted molar refractivity (Wildman–Crippen MR) is 75.7 cm³/mol. The second-order valence-electron chi connectivity index (χ2n) is 5.11. The van der Waals surface area contributed by atoms with E-state index in [2.05, 4.69) is 0 Å². The van der Waals surface area contributed by atoms with Crippen molar-refractivity contribution < 1.29 is 13.5 Å². The van der Waals surface area contributed by atoms with Crippen molar-refractivity contribution in [2.75, 3.05) is 27.2 Å². The van der Waals surface area contributed by atoms with Gasteiger partial charge in [-0.2, -0.15) is 4.31 Å². The lowest BCUT2D eigenvalue weighted by atomic mass is 10.2. The molecule has 2 rings (SSSR count). The maximum atomic E-state index is 12.6. The molecule has 19 heavy (non-hydrogen) atoms. The predicted octanol–water partition coefficient (Wildman–Crippen LogP) is 0.955. The van der Waals surface area contributed by atoms with Gasteiger partial charge in [0.25, 0.3) is 10.0 Å². The Bertz CT molecular complexity index is 525. The molecule has 1 N–H and O–H groups in total. The number of rotatable bonds is 5. The van der Waals surface area contributed by atoms with E-state index >= 15 is 0 Å². The van der Waals surface area contributed by atoms with Crippen LogP contribution in [0.1, 0.15) is 18.4 Å². The fraction of sp³-hybridized carbons (Fsp3) is 0.667. The first kappa shape index (κ1) is 14.9. The maximum Gasteiger partial charge on any atom is 0.252 e. The number of aliphatic hydroxyl groups excluding tert-OH is 1. The molecule has 1 aromatic heterocycles. The van der Waals surface area contributed by atoms with Crippen molar-refractivity contribution in [1.82, 2.24) is 9.21 Å². The van der Waals surface area contributed by atoms with Crippen molar-refractivity contribution in [3.05, 3.63) is 17.0 Å². The summed E-state index contributed by atoms with van der Waals surface area (Å²) in [6, 6.07) is 1.63. The average Bonchev–Trinajstić information content (AvgIpc) is 2.95. The molecule has 1 aliphatic heterocycles. The molecule has 2 heterocycles. The van der Waals surface area contributed by atoms with Crippen LogP contribution in [-0.2, 0) is 16.6 Å². The van der Waals surface area contributed by atoms with Crippen molar-refractivity contribution in [2.24, 2.45) is 0 Å². The summed E-state index contributed by atoms with van der Waals surface area (Å²) < 4.78 is 27.1. The topological polar surface area (TPSA) is 60.9 Å². The van der Waals surface area contributed by atoms with Crippen molar-refractivity contribution >= 4 is 21.4 Å². The van der Waals surface area contributed by atoms with Gasteiger partial charge < -0.3 is 10.0 Å². The second kappa shape index (κ2) is 5.88. The standard InChI is InChI=1S/C12H20N2O3S2/c1-13(2)7-11-4-3-5-14(11)19(16,17)12-6-10(8-15)9-18-12/h6,9,11,15H,3-5,7-8H2,1-2H3. The highest BCUT2D eigenvalue weighted by molar-refractivity contribution is 7.91. The second-order valence-corrected chi connectivity index (χ2v) is 8.13. The molecule has 1 saturated heterocycles. The number of aliphatic hydroxyl groups is 1. The molecule has 5 nitrogen and oxygen atoms in total. The molecule has 0 bridgehead atoms. The summed E-state index contributed by atoms with van der Waals surface area (Å²) in [5, 5.41) is 10.7. The fourth-order valence-electron chi connectivity index (χ4n) is 2.42. The SMILES string of the molecule is CN(C)CC1CCCN1S(=O)(=O)c1cc(CO)cs1. The molecule has 1 aliphatic rings. The third-order valence-corrected chi connectivity index (χ3v) is 6.69. The van der Waals surface area contributed by atoms with Gasteiger partial charge in [-0.3, -0.25) is 0 Å². The smallest absolute Gasteiger partial charge is 0.252 e. The molecule has 0 spiro atoms. The summed E-state index contributed by atoms with van der Waals surface area (Å²) >= 11 is 1.19. The summed E-state index contributed by atoms with van der Waals surface area (Å²) in [6.45, 7) is 1.22. The number of hydrogen-bond acceptors (Lipinski definition) is 5. The molecule has 1 fully saturated rings. The lowest BCUT2D eigenvalue weighted by Gasteiger charge is -2.25. The lowest BCUT2D eigenvalue weighted by molar-refractivity contribution is 0.282. The molecule has 0 aliphatic carbocycles. The summed E-state index contributed by atoms with van der Waals surface area (Å²) in [7, 11) is 0.504. The minimum Gasteiger partial charge on any atom is -0.392 e. The van der Waals surface area contributed by atoms with E-state index in [0.29, 0.717) is 16.3 Å². The van der Waals surface area contributed by atoms with Gasteiger partial charge in [-0.15, -0.1) is 11.3 Å². The van der Waals surface area contributed by atoms with E-state index in [1.165, 1.54) is 11.3 Å². The van der Waals surface area contributed by atoms with Crippen molar-refractivity contribution in [3.63, 3.8) is 0 Å². The number of likely N-dealkylation sites (N-methyl/N-ethyl adjacent to an activating group) is 1. The van der Waals surface area contributed by atoms with E-state index in [1.54, 1.807) is 15.8 Å². The Kier molecular flexibility index (Phi) is 4.62. The van der Waals surface area contributed by atoms with Crippen LogP contribution in [0, 0.1) is 0 Å². The van der Waals surface area contributed by atoms with E-state index < -0.39 is 10.0 Å². The Hall–Kier alpha value is -0.470. The van der Waals surface area contributed by atoms with Crippen LogP contribution in [-0.4, -0.2) is 56.0 Å². The van der Waals surface area contributed by atoms with Crippen molar-refractivity contribution in [1.29, 1.82) is 0 Å². The van der Waals surface area contributed by atoms with Crippen LogP contribution in [0.4, 0.5) is 0 Å². The van der Waals surface area contributed by atoms with Crippen LogP contribution in [0.2, 0.25) is 0 Å². The number of thiophene rings is 1. The van der Waals surface area contributed by atoms with Crippen LogP contribution in [0.3, 0.4) is 0 Å². The van der Waals surface area contributed by atoms with Gasteiger partial charge in [-0.1, -0.05) is 0 Å². The molecule has 1 atom stereocenters. The molecule has 1 aromatic rings. The summed E-state index contributed by atoms with van der Waals surface area (Å²) in [6.07, 6.45) is 1.83. The van der Waals surface area contributed by atoms with Crippen molar-refractivity contribution in [3.8, 4) is 0 Å². The van der Waals surface area contributed by atoms with E-state index in [4.69, 9.17) is 5.11 Å². The highest BCUT2D eigenvalue weighted by atomic mass is 32.2. The maximum absolute atomic E-state index is 12.6. The largest absolute Gasteiger partial charge is 0.392 e. The summed E-state index contributed by atoms with van der Waals surface area (Å²) in [4.78, 5) is 2.02. The van der Waals surface area contributed by atoms with Crippen LogP contribution in [0.15, 0.2) is 15.7 Å². The zero-order valence-corrected chi connectivity index (χ0v) is 12.9. The van der Waals surface area contributed by atoms with E-state index in [0.717, 1.165) is 19.4 Å². The van der Waals surface area contributed by atoms with Crippen LogP contribution >= 0.6 is 11.3 Å². The summed E-state index contributed by atoms with van der Waals surface area (Å²) in [5.74, 6) is 0. The van der Waals surface area contributed by atoms with Gasteiger partial charge in [0.2, 0.25) is 0 Å². The van der Waals surface area contributed by atoms with Gasteiger partial charge in [0.05, 0.1) is 6.61 Å². The number of nitrogens with zero attached hydrogens (tertiary/aromatic N) is 2. The Morgan fingerprint density at radius 2 is 2.26 bits per heavy atom. The molecule has 0 saturated carbocycles. The first-order valence-electron chi connectivity index (χ1n) is 6.30. The van der Waals surface area contributed by atoms with Crippen molar-refractivity contribution in [2.45, 2.75) is 29.7 Å². The Balaban J connectivity index is 2.23. The highest BCUT2D eigenvalue weighted by Gasteiger charge is 2.36. The van der Waals surface area contributed by atoms with Gasteiger partial charge in [-0.05, 0) is 43.9 Å². The molecule has 0 amide bonds. The third kappa shape index (κ3) is 3.17.